The molecule has 0 saturated heterocycles. The molecule has 2 aromatic heterocycles. The molecule has 4 heteroatoms. The first-order chi connectivity index (χ1) is 9.43. The zero-order valence-electron chi connectivity index (χ0n) is 11.2. The lowest BCUT2D eigenvalue weighted by atomic mass is 9.89. The molecule has 1 aliphatic carbocycles. The maximum atomic E-state index is 4.19. The SMILES string of the molecule is c1csc(-c2[nH]ncc2CNCC2CCCCC2)c1. The smallest absolute Gasteiger partial charge is 0.0794 e. The summed E-state index contributed by atoms with van der Waals surface area (Å²) in [5, 5.41) is 13.0. The molecule has 0 aliphatic heterocycles. The highest BCUT2D eigenvalue weighted by atomic mass is 32.1. The summed E-state index contributed by atoms with van der Waals surface area (Å²) < 4.78 is 0. The van der Waals surface area contributed by atoms with E-state index in [1.54, 1.807) is 11.3 Å². The van der Waals surface area contributed by atoms with Crippen molar-refractivity contribution in [3.63, 3.8) is 0 Å². The van der Waals surface area contributed by atoms with E-state index in [9.17, 15) is 0 Å². The van der Waals surface area contributed by atoms with E-state index in [1.165, 1.54) is 48.2 Å². The molecule has 1 saturated carbocycles. The standard InChI is InChI=1S/C15H21N3S/c1-2-5-12(6-3-1)9-16-10-13-11-17-18-15(13)14-7-4-8-19-14/h4,7-8,11-12,16H,1-3,5-6,9-10H2,(H,17,18). The van der Waals surface area contributed by atoms with Crippen LogP contribution in [0.3, 0.4) is 0 Å². The lowest BCUT2D eigenvalue weighted by Gasteiger charge is -2.21. The van der Waals surface area contributed by atoms with Crippen LogP contribution in [-0.4, -0.2) is 16.7 Å². The molecule has 19 heavy (non-hydrogen) atoms. The predicted molar refractivity (Wildman–Crippen MR) is 80.2 cm³/mol. The highest BCUT2D eigenvalue weighted by Crippen LogP contribution is 2.26. The van der Waals surface area contributed by atoms with Gasteiger partial charge in [0, 0.05) is 12.1 Å². The summed E-state index contributed by atoms with van der Waals surface area (Å²) >= 11 is 1.76. The van der Waals surface area contributed by atoms with Crippen LogP contribution in [0.5, 0.6) is 0 Å². The van der Waals surface area contributed by atoms with E-state index < -0.39 is 0 Å². The minimum Gasteiger partial charge on any atom is -0.312 e. The number of aromatic amines is 1. The van der Waals surface area contributed by atoms with E-state index in [2.05, 4.69) is 33.0 Å². The molecule has 0 atom stereocenters. The number of H-pyrrole nitrogens is 1. The van der Waals surface area contributed by atoms with Crippen LogP contribution in [-0.2, 0) is 6.54 Å². The summed E-state index contributed by atoms with van der Waals surface area (Å²) in [6.45, 7) is 2.06. The largest absolute Gasteiger partial charge is 0.312 e. The Kier molecular flexibility index (Phi) is 4.30. The monoisotopic (exact) mass is 275 g/mol. The molecule has 0 bridgehead atoms. The van der Waals surface area contributed by atoms with Gasteiger partial charge in [0.25, 0.3) is 0 Å². The molecule has 2 aromatic rings. The van der Waals surface area contributed by atoms with Crippen LogP contribution in [0, 0.1) is 5.92 Å². The van der Waals surface area contributed by atoms with E-state index in [0.717, 1.165) is 19.0 Å². The molecule has 102 valence electrons. The molecular weight excluding hydrogens is 254 g/mol. The van der Waals surface area contributed by atoms with Crippen LogP contribution in [0.4, 0.5) is 0 Å². The number of rotatable bonds is 5. The van der Waals surface area contributed by atoms with Crippen LogP contribution in [0.25, 0.3) is 10.6 Å². The van der Waals surface area contributed by atoms with Crippen LogP contribution in [0.2, 0.25) is 0 Å². The summed E-state index contributed by atoms with van der Waals surface area (Å²) in [4.78, 5) is 1.27. The Morgan fingerprint density at radius 3 is 3.00 bits per heavy atom. The second-order valence-electron chi connectivity index (χ2n) is 5.38. The van der Waals surface area contributed by atoms with Gasteiger partial charge in [0.1, 0.15) is 0 Å². The summed E-state index contributed by atoms with van der Waals surface area (Å²) in [5.74, 6) is 0.880. The van der Waals surface area contributed by atoms with Crippen molar-refractivity contribution in [3.8, 4) is 10.6 Å². The summed E-state index contributed by atoms with van der Waals surface area (Å²) in [6, 6.07) is 4.23. The van der Waals surface area contributed by atoms with Gasteiger partial charge in [-0.05, 0) is 36.8 Å². The number of hydrogen-bond donors (Lipinski definition) is 2. The van der Waals surface area contributed by atoms with Gasteiger partial charge >= 0.3 is 0 Å². The molecule has 1 aliphatic rings. The fraction of sp³-hybridized carbons (Fsp3) is 0.533. The molecular formula is C15H21N3S. The van der Waals surface area contributed by atoms with Gasteiger partial charge in [0.15, 0.2) is 0 Å². The van der Waals surface area contributed by atoms with Crippen LogP contribution in [0.1, 0.15) is 37.7 Å². The molecule has 0 spiro atoms. The number of nitrogens with one attached hydrogen (secondary N) is 2. The van der Waals surface area contributed by atoms with Crippen LogP contribution >= 0.6 is 11.3 Å². The molecule has 0 radical (unpaired) electrons. The lowest BCUT2D eigenvalue weighted by molar-refractivity contribution is 0.342. The number of aromatic nitrogens is 2. The summed E-state index contributed by atoms with van der Waals surface area (Å²) in [7, 11) is 0. The van der Waals surface area contributed by atoms with Crippen molar-refractivity contribution < 1.29 is 0 Å². The van der Waals surface area contributed by atoms with Crippen LogP contribution in [0.15, 0.2) is 23.7 Å². The summed E-state index contributed by atoms with van der Waals surface area (Å²) in [5.41, 5.74) is 2.45. The van der Waals surface area contributed by atoms with Gasteiger partial charge in [-0.2, -0.15) is 5.10 Å². The van der Waals surface area contributed by atoms with Gasteiger partial charge in [0.05, 0.1) is 16.8 Å². The molecule has 3 rings (SSSR count). The Balaban J connectivity index is 1.54. The van der Waals surface area contributed by atoms with Crippen molar-refractivity contribution in [2.24, 2.45) is 5.92 Å². The van der Waals surface area contributed by atoms with E-state index in [1.807, 2.05) is 6.20 Å². The summed E-state index contributed by atoms with van der Waals surface area (Å²) in [6.07, 6.45) is 9.01. The van der Waals surface area contributed by atoms with E-state index in [0.29, 0.717) is 0 Å². The van der Waals surface area contributed by atoms with E-state index in [4.69, 9.17) is 0 Å². The van der Waals surface area contributed by atoms with Crippen molar-refractivity contribution in [2.75, 3.05) is 6.54 Å². The first kappa shape index (κ1) is 12.9. The zero-order valence-corrected chi connectivity index (χ0v) is 12.0. The van der Waals surface area contributed by atoms with Gasteiger partial charge in [-0.1, -0.05) is 25.3 Å². The maximum Gasteiger partial charge on any atom is 0.0794 e. The Hall–Kier alpha value is -1.13. The van der Waals surface area contributed by atoms with Gasteiger partial charge in [-0.15, -0.1) is 11.3 Å². The number of nitrogens with zero attached hydrogens (tertiary/aromatic N) is 1. The highest BCUT2D eigenvalue weighted by molar-refractivity contribution is 7.13. The van der Waals surface area contributed by atoms with Gasteiger partial charge in [-0.25, -0.2) is 0 Å². The average molecular weight is 275 g/mol. The van der Waals surface area contributed by atoms with Gasteiger partial charge in [0.2, 0.25) is 0 Å². The highest BCUT2D eigenvalue weighted by Gasteiger charge is 2.13. The molecule has 1 fully saturated rings. The number of hydrogen-bond acceptors (Lipinski definition) is 3. The van der Waals surface area contributed by atoms with Crippen molar-refractivity contribution >= 4 is 11.3 Å². The molecule has 0 amide bonds. The maximum absolute atomic E-state index is 4.19. The topological polar surface area (TPSA) is 40.7 Å². The van der Waals surface area contributed by atoms with E-state index >= 15 is 0 Å². The fourth-order valence-corrected chi connectivity index (χ4v) is 3.64. The average Bonchev–Trinajstić information content (AvgIpc) is 3.10. The molecule has 2 heterocycles. The molecule has 3 nitrogen and oxygen atoms in total. The minimum absolute atomic E-state index is 0.880. The second-order valence-corrected chi connectivity index (χ2v) is 6.33. The van der Waals surface area contributed by atoms with Crippen LogP contribution < -0.4 is 5.32 Å². The number of thiophene rings is 1. The van der Waals surface area contributed by atoms with Crippen molar-refractivity contribution in [2.45, 2.75) is 38.6 Å². The predicted octanol–water partition coefficient (Wildman–Crippen LogP) is 3.81. The lowest BCUT2D eigenvalue weighted by Crippen LogP contribution is -2.24. The zero-order chi connectivity index (χ0) is 12.9. The molecule has 2 N–H and O–H groups in total. The Morgan fingerprint density at radius 2 is 2.21 bits per heavy atom. The molecule has 0 unspecified atom stereocenters. The van der Waals surface area contributed by atoms with Crippen molar-refractivity contribution in [1.29, 1.82) is 0 Å². The van der Waals surface area contributed by atoms with Gasteiger partial charge < -0.3 is 5.32 Å². The fourth-order valence-electron chi connectivity index (χ4n) is 2.88. The second kappa shape index (κ2) is 6.35. The van der Waals surface area contributed by atoms with Crippen molar-refractivity contribution in [1.82, 2.24) is 15.5 Å². The van der Waals surface area contributed by atoms with E-state index in [-0.39, 0.29) is 0 Å². The van der Waals surface area contributed by atoms with Gasteiger partial charge in [-0.3, -0.25) is 5.10 Å². The Labute approximate surface area is 118 Å². The Bertz CT molecular complexity index is 483. The third-order valence-electron chi connectivity index (χ3n) is 3.96. The first-order valence-corrected chi connectivity index (χ1v) is 8.08. The third kappa shape index (κ3) is 3.25. The quantitative estimate of drug-likeness (QED) is 0.871. The normalized spacial score (nSPS) is 16.8. The third-order valence-corrected chi connectivity index (χ3v) is 4.85. The molecule has 0 aromatic carbocycles. The first-order valence-electron chi connectivity index (χ1n) is 7.20. The Morgan fingerprint density at radius 1 is 1.32 bits per heavy atom. The minimum atomic E-state index is 0.880. The van der Waals surface area contributed by atoms with Crippen molar-refractivity contribution in [3.05, 3.63) is 29.3 Å².